The van der Waals surface area contributed by atoms with Crippen molar-refractivity contribution in [2.24, 2.45) is 0 Å². The van der Waals surface area contributed by atoms with Crippen LogP contribution >= 0.6 is 11.3 Å². The van der Waals surface area contributed by atoms with Crippen LogP contribution in [0, 0.1) is 0 Å². The van der Waals surface area contributed by atoms with E-state index in [9.17, 15) is 0 Å². The smallest absolute Gasteiger partial charge is 0.196 e. The summed E-state index contributed by atoms with van der Waals surface area (Å²) in [6.45, 7) is 2.20. The number of nitrogens with two attached hydrogens (primary N) is 1. The van der Waals surface area contributed by atoms with Crippen LogP contribution in [-0.4, -0.2) is 9.38 Å². The van der Waals surface area contributed by atoms with Crippen molar-refractivity contribution in [2.45, 2.75) is 19.8 Å². The number of benzene rings is 1. The zero-order valence-corrected chi connectivity index (χ0v) is 11.1. The number of imidazole rings is 1. The Morgan fingerprint density at radius 2 is 2.06 bits per heavy atom. The molecule has 3 rings (SSSR count). The van der Waals surface area contributed by atoms with Gasteiger partial charge in [-0.25, -0.2) is 4.98 Å². The first-order valence-electron chi connectivity index (χ1n) is 6.09. The Labute approximate surface area is 110 Å². The number of aromatic nitrogens is 2. The van der Waals surface area contributed by atoms with E-state index in [2.05, 4.69) is 46.0 Å². The van der Waals surface area contributed by atoms with E-state index in [0.717, 1.165) is 17.1 Å². The fourth-order valence-electron chi connectivity index (χ4n) is 2.14. The molecule has 0 unspecified atom stereocenters. The average Bonchev–Trinajstić information content (AvgIpc) is 2.89. The number of fused-ring (bicyclic) bond motifs is 1. The van der Waals surface area contributed by atoms with Gasteiger partial charge in [0, 0.05) is 5.38 Å². The van der Waals surface area contributed by atoms with Crippen molar-refractivity contribution < 1.29 is 0 Å². The van der Waals surface area contributed by atoms with Gasteiger partial charge in [0.05, 0.1) is 11.9 Å². The van der Waals surface area contributed by atoms with Crippen LogP contribution in [0.5, 0.6) is 0 Å². The average molecular weight is 257 g/mol. The molecule has 0 bridgehead atoms. The summed E-state index contributed by atoms with van der Waals surface area (Å²) >= 11 is 1.62. The molecule has 18 heavy (non-hydrogen) atoms. The third-order valence-corrected chi connectivity index (χ3v) is 3.86. The van der Waals surface area contributed by atoms with Crippen LogP contribution < -0.4 is 5.73 Å². The molecule has 0 fully saturated rings. The molecule has 0 radical (unpaired) electrons. The maximum Gasteiger partial charge on any atom is 0.196 e. The maximum atomic E-state index is 5.72. The van der Waals surface area contributed by atoms with E-state index in [1.165, 1.54) is 17.5 Å². The molecule has 3 aromatic rings. The van der Waals surface area contributed by atoms with Crippen LogP contribution in [0.3, 0.4) is 0 Å². The van der Waals surface area contributed by atoms with Crippen LogP contribution in [0.2, 0.25) is 0 Å². The second-order valence-electron chi connectivity index (χ2n) is 4.39. The summed E-state index contributed by atoms with van der Waals surface area (Å²) in [4.78, 5) is 5.21. The van der Waals surface area contributed by atoms with Crippen molar-refractivity contribution in [1.29, 1.82) is 0 Å². The third kappa shape index (κ3) is 1.88. The SMILES string of the molecule is CCCc1ccc(-c2csc3nc(N)cn23)cc1. The molecule has 0 saturated carbocycles. The molecule has 92 valence electrons. The van der Waals surface area contributed by atoms with Crippen molar-refractivity contribution >= 4 is 22.1 Å². The Morgan fingerprint density at radius 3 is 2.78 bits per heavy atom. The van der Waals surface area contributed by atoms with Gasteiger partial charge < -0.3 is 5.73 Å². The van der Waals surface area contributed by atoms with Gasteiger partial charge in [0.25, 0.3) is 0 Å². The molecule has 0 atom stereocenters. The summed E-state index contributed by atoms with van der Waals surface area (Å²) in [7, 11) is 0. The van der Waals surface area contributed by atoms with Crippen LogP contribution in [0.25, 0.3) is 16.2 Å². The summed E-state index contributed by atoms with van der Waals surface area (Å²) in [5, 5.41) is 2.12. The van der Waals surface area contributed by atoms with E-state index in [1.54, 1.807) is 11.3 Å². The zero-order valence-electron chi connectivity index (χ0n) is 10.3. The molecule has 2 N–H and O–H groups in total. The lowest BCUT2D eigenvalue weighted by Crippen LogP contribution is -1.87. The zero-order chi connectivity index (χ0) is 12.5. The molecule has 0 amide bonds. The molecular weight excluding hydrogens is 242 g/mol. The van der Waals surface area contributed by atoms with Gasteiger partial charge in [-0.1, -0.05) is 37.6 Å². The molecular formula is C14H15N3S. The number of nitrogen functional groups attached to an aromatic ring is 1. The van der Waals surface area contributed by atoms with Gasteiger partial charge in [-0.3, -0.25) is 4.40 Å². The van der Waals surface area contributed by atoms with Gasteiger partial charge >= 0.3 is 0 Å². The van der Waals surface area contributed by atoms with Crippen molar-refractivity contribution in [3.63, 3.8) is 0 Å². The molecule has 0 saturated heterocycles. The standard InChI is InChI=1S/C14H15N3S/c1-2-3-10-4-6-11(7-5-10)12-9-18-14-16-13(15)8-17(12)14/h4-9H,2-3,15H2,1H3. The minimum Gasteiger partial charge on any atom is -0.382 e. The fourth-order valence-corrected chi connectivity index (χ4v) is 3.03. The molecule has 1 aromatic carbocycles. The van der Waals surface area contributed by atoms with E-state index in [1.807, 2.05) is 6.20 Å². The van der Waals surface area contributed by atoms with Gasteiger partial charge in [-0.15, -0.1) is 11.3 Å². The van der Waals surface area contributed by atoms with Crippen LogP contribution in [0.1, 0.15) is 18.9 Å². The van der Waals surface area contributed by atoms with Crippen molar-refractivity contribution in [1.82, 2.24) is 9.38 Å². The van der Waals surface area contributed by atoms with E-state index >= 15 is 0 Å². The molecule has 3 nitrogen and oxygen atoms in total. The van der Waals surface area contributed by atoms with Gasteiger partial charge in [-0.2, -0.15) is 0 Å². The first-order chi connectivity index (χ1) is 8.78. The molecule has 2 heterocycles. The highest BCUT2D eigenvalue weighted by Gasteiger charge is 2.08. The second kappa shape index (κ2) is 4.46. The fraction of sp³-hybridized carbons (Fsp3) is 0.214. The summed E-state index contributed by atoms with van der Waals surface area (Å²) in [5.41, 5.74) is 9.47. The topological polar surface area (TPSA) is 43.3 Å². The minimum absolute atomic E-state index is 0.575. The Bertz CT molecular complexity index is 664. The highest BCUT2D eigenvalue weighted by atomic mass is 32.1. The quantitative estimate of drug-likeness (QED) is 0.779. The third-order valence-electron chi connectivity index (χ3n) is 3.02. The number of nitrogens with zero attached hydrogens (tertiary/aromatic N) is 2. The minimum atomic E-state index is 0.575. The van der Waals surface area contributed by atoms with Crippen molar-refractivity contribution in [2.75, 3.05) is 5.73 Å². The van der Waals surface area contributed by atoms with Crippen molar-refractivity contribution in [3.05, 3.63) is 41.4 Å². The lowest BCUT2D eigenvalue weighted by Gasteiger charge is -2.02. The summed E-state index contributed by atoms with van der Waals surface area (Å²) in [6.07, 6.45) is 4.19. The van der Waals surface area contributed by atoms with E-state index in [-0.39, 0.29) is 0 Å². The van der Waals surface area contributed by atoms with E-state index < -0.39 is 0 Å². The maximum absolute atomic E-state index is 5.72. The van der Waals surface area contributed by atoms with E-state index in [4.69, 9.17) is 5.73 Å². The van der Waals surface area contributed by atoms with Crippen LogP contribution in [0.15, 0.2) is 35.8 Å². The predicted octanol–water partition coefficient (Wildman–Crippen LogP) is 3.60. The summed E-state index contributed by atoms with van der Waals surface area (Å²) in [5.74, 6) is 0.575. The predicted molar refractivity (Wildman–Crippen MR) is 76.9 cm³/mol. The largest absolute Gasteiger partial charge is 0.382 e. The normalized spacial score (nSPS) is 11.2. The Kier molecular flexibility index (Phi) is 2.80. The number of thiazole rings is 1. The summed E-state index contributed by atoms with van der Waals surface area (Å²) in [6, 6.07) is 8.73. The number of aryl methyl sites for hydroxylation is 1. The molecule has 0 aliphatic rings. The monoisotopic (exact) mass is 257 g/mol. The van der Waals surface area contributed by atoms with Gasteiger partial charge in [0.2, 0.25) is 0 Å². The number of hydrogen-bond donors (Lipinski definition) is 1. The lowest BCUT2D eigenvalue weighted by atomic mass is 10.1. The van der Waals surface area contributed by atoms with Gasteiger partial charge in [-0.05, 0) is 17.5 Å². The Balaban J connectivity index is 2.02. The number of hydrogen-bond acceptors (Lipinski definition) is 3. The first kappa shape index (κ1) is 11.3. The summed E-state index contributed by atoms with van der Waals surface area (Å²) < 4.78 is 2.05. The first-order valence-corrected chi connectivity index (χ1v) is 6.97. The lowest BCUT2D eigenvalue weighted by molar-refractivity contribution is 0.922. The Hall–Kier alpha value is -1.81. The highest BCUT2D eigenvalue weighted by Crippen LogP contribution is 2.27. The van der Waals surface area contributed by atoms with Crippen molar-refractivity contribution in [3.8, 4) is 11.3 Å². The number of anilines is 1. The van der Waals surface area contributed by atoms with E-state index in [0.29, 0.717) is 5.82 Å². The molecule has 0 aliphatic carbocycles. The molecule has 0 aliphatic heterocycles. The number of rotatable bonds is 3. The molecule has 4 heteroatoms. The van der Waals surface area contributed by atoms with Crippen LogP contribution in [-0.2, 0) is 6.42 Å². The highest BCUT2D eigenvalue weighted by molar-refractivity contribution is 7.15. The second-order valence-corrected chi connectivity index (χ2v) is 5.22. The van der Waals surface area contributed by atoms with Gasteiger partial charge in [0.15, 0.2) is 4.96 Å². The molecule has 0 spiro atoms. The van der Waals surface area contributed by atoms with Gasteiger partial charge in [0.1, 0.15) is 5.82 Å². The Morgan fingerprint density at radius 1 is 1.28 bits per heavy atom. The molecule has 2 aromatic heterocycles. The van der Waals surface area contributed by atoms with Crippen LogP contribution in [0.4, 0.5) is 5.82 Å².